The van der Waals surface area contributed by atoms with Crippen molar-refractivity contribution in [2.75, 3.05) is 27.2 Å². The average Bonchev–Trinajstić information content (AvgIpc) is 3.03. The zero-order chi connectivity index (χ0) is 18.1. The quantitative estimate of drug-likeness (QED) is 0.859. The minimum absolute atomic E-state index is 0.119. The fraction of sp³-hybridized carbons (Fsp3) is 0.500. The highest BCUT2D eigenvalue weighted by Gasteiger charge is 2.26. The first-order chi connectivity index (χ1) is 11.9. The van der Waals surface area contributed by atoms with Crippen LogP contribution in [0.5, 0.6) is 0 Å². The molecular weight excluding hydrogens is 316 g/mol. The zero-order valence-electron chi connectivity index (χ0n) is 15.5. The molecule has 1 aromatic carbocycles. The van der Waals surface area contributed by atoms with Gasteiger partial charge >= 0.3 is 0 Å². The van der Waals surface area contributed by atoms with Gasteiger partial charge in [0.2, 0.25) is 5.91 Å². The monoisotopic (exact) mass is 342 g/mol. The topological polar surface area (TPSA) is 53.8 Å². The van der Waals surface area contributed by atoms with Gasteiger partial charge in [0.25, 0.3) is 5.91 Å². The van der Waals surface area contributed by atoms with Gasteiger partial charge in [-0.15, -0.1) is 0 Å². The van der Waals surface area contributed by atoms with Crippen LogP contribution in [0.2, 0.25) is 0 Å². The number of likely N-dealkylation sites (tertiary alicyclic amines) is 1. The number of piperidine rings is 1. The first kappa shape index (κ1) is 17.5. The lowest BCUT2D eigenvalue weighted by molar-refractivity contribution is -0.129. The number of hydrogen-bond donors (Lipinski definition) is 0. The molecule has 5 nitrogen and oxygen atoms in total. The van der Waals surface area contributed by atoms with Gasteiger partial charge in [-0.1, -0.05) is 13.0 Å². The molecule has 1 aromatic heterocycles. The first-order valence-corrected chi connectivity index (χ1v) is 8.94. The highest BCUT2D eigenvalue weighted by atomic mass is 16.3. The number of rotatable bonds is 3. The fourth-order valence-corrected chi connectivity index (χ4v) is 3.58. The van der Waals surface area contributed by atoms with Gasteiger partial charge in [-0.05, 0) is 48.4 Å². The normalized spacial score (nSPS) is 15.6. The lowest BCUT2D eigenvalue weighted by Crippen LogP contribution is -2.36. The van der Waals surface area contributed by atoms with Gasteiger partial charge in [0.1, 0.15) is 5.58 Å². The molecule has 0 aliphatic carbocycles. The zero-order valence-corrected chi connectivity index (χ0v) is 15.5. The third-order valence-corrected chi connectivity index (χ3v) is 5.11. The number of amides is 2. The maximum absolute atomic E-state index is 12.3. The van der Waals surface area contributed by atoms with E-state index in [9.17, 15) is 9.59 Å². The molecule has 0 radical (unpaired) electrons. The lowest BCUT2D eigenvalue weighted by Gasteiger charge is -2.31. The number of carbonyl (C=O) groups is 2. The van der Waals surface area contributed by atoms with Crippen LogP contribution in [0, 0.1) is 0 Å². The molecule has 2 aromatic rings. The second-order valence-corrected chi connectivity index (χ2v) is 7.05. The summed E-state index contributed by atoms with van der Waals surface area (Å²) in [6.07, 6.45) is 2.80. The summed E-state index contributed by atoms with van der Waals surface area (Å²) in [4.78, 5) is 27.3. The summed E-state index contributed by atoms with van der Waals surface area (Å²) >= 11 is 0. The summed E-state index contributed by atoms with van der Waals surface area (Å²) in [7, 11) is 3.46. The van der Waals surface area contributed by atoms with Crippen LogP contribution in [0.3, 0.4) is 0 Å². The summed E-state index contributed by atoms with van der Waals surface area (Å²) in [5, 5.41) is 0.994. The number of benzene rings is 1. The van der Waals surface area contributed by atoms with E-state index in [4.69, 9.17) is 4.42 Å². The fourth-order valence-electron chi connectivity index (χ4n) is 3.58. The van der Waals surface area contributed by atoms with Crippen molar-refractivity contribution >= 4 is 22.8 Å². The van der Waals surface area contributed by atoms with Crippen LogP contribution >= 0.6 is 0 Å². The van der Waals surface area contributed by atoms with Gasteiger partial charge in [-0.3, -0.25) is 9.59 Å². The Balaban J connectivity index is 1.99. The maximum atomic E-state index is 12.3. The minimum Gasteiger partial charge on any atom is -0.451 e. The summed E-state index contributed by atoms with van der Waals surface area (Å²) in [6, 6.07) is 6.17. The van der Waals surface area contributed by atoms with E-state index in [0.717, 1.165) is 43.3 Å². The van der Waals surface area contributed by atoms with Gasteiger partial charge in [-0.25, -0.2) is 0 Å². The van der Waals surface area contributed by atoms with E-state index in [2.05, 4.69) is 19.1 Å². The SMILES string of the molecule is CCc1cc(C2CCN(C(C)=O)CC2)c2oc(C(=O)N(C)C)cc2c1. The van der Waals surface area contributed by atoms with Crippen molar-refractivity contribution in [1.82, 2.24) is 9.80 Å². The Bertz CT molecular complexity index is 799. The van der Waals surface area contributed by atoms with Crippen LogP contribution < -0.4 is 0 Å². The molecule has 0 bridgehead atoms. The number of nitrogens with zero attached hydrogens (tertiary/aromatic N) is 2. The lowest BCUT2D eigenvalue weighted by atomic mass is 9.87. The Morgan fingerprint density at radius 1 is 1.20 bits per heavy atom. The summed E-state index contributed by atoms with van der Waals surface area (Å²) in [5.41, 5.74) is 3.25. The molecule has 0 unspecified atom stereocenters. The van der Waals surface area contributed by atoms with E-state index in [1.54, 1.807) is 21.0 Å². The predicted octanol–water partition coefficient (Wildman–Crippen LogP) is 3.42. The van der Waals surface area contributed by atoms with Gasteiger partial charge in [-0.2, -0.15) is 0 Å². The molecule has 25 heavy (non-hydrogen) atoms. The van der Waals surface area contributed by atoms with Crippen molar-refractivity contribution < 1.29 is 14.0 Å². The maximum Gasteiger partial charge on any atom is 0.289 e. The largest absolute Gasteiger partial charge is 0.451 e. The molecule has 134 valence electrons. The van der Waals surface area contributed by atoms with Crippen molar-refractivity contribution in [2.24, 2.45) is 0 Å². The van der Waals surface area contributed by atoms with Crippen LogP contribution in [0.4, 0.5) is 0 Å². The molecule has 2 heterocycles. The van der Waals surface area contributed by atoms with Gasteiger partial charge in [0.05, 0.1) is 0 Å². The number of furan rings is 1. The molecule has 1 saturated heterocycles. The van der Waals surface area contributed by atoms with E-state index in [0.29, 0.717) is 11.7 Å². The second-order valence-electron chi connectivity index (χ2n) is 7.05. The summed E-state index contributed by atoms with van der Waals surface area (Å²) in [6.45, 7) is 5.32. The van der Waals surface area contributed by atoms with Crippen LogP contribution in [-0.2, 0) is 11.2 Å². The molecule has 0 spiro atoms. The standard InChI is InChI=1S/C20H26N2O3/c1-5-14-10-16-12-18(20(24)21(3)4)25-19(16)17(11-14)15-6-8-22(9-7-15)13(2)23/h10-12,15H,5-9H2,1-4H3. The van der Waals surface area contributed by atoms with Crippen molar-refractivity contribution in [3.8, 4) is 0 Å². The summed E-state index contributed by atoms with van der Waals surface area (Å²) in [5.74, 6) is 0.767. The van der Waals surface area contributed by atoms with Gasteiger partial charge < -0.3 is 14.2 Å². The third kappa shape index (κ3) is 3.41. The van der Waals surface area contributed by atoms with E-state index in [1.807, 2.05) is 11.0 Å². The van der Waals surface area contributed by atoms with Crippen LogP contribution in [0.15, 0.2) is 22.6 Å². The molecule has 1 aliphatic rings. The van der Waals surface area contributed by atoms with E-state index < -0.39 is 0 Å². The van der Waals surface area contributed by atoms with Crippen LogP contribution in [0.1, 0.15) is 54.3 Å². The molecule has 1 aliphatic heterocycles. The molecule has 0 atom stereocenters. The van der Waals surface area contributed by atoms with E-state index in [1.165, 1.54) is 16.0 Å². The average molecular weight is 342 g/mol. The molecule has 1 fully saturated rings. The molecule has 5 heteroatoms. The predicted molar refractivity (Wildman–Crippen MR) is 97.8 cm³/mol. The highest BCUT2D eigenvalue weighted by molar-refractivity contribution is 5.96. The van der Waals surface area contributed by atoms with Gasteiger partial charge in [0, 0.05) is 39.5 Å². The molecular formula is C20H26N2O3. The van der Waals surface area contributed by atoms with Crippen LogP contribution in [-0.4, -0.2) is 48.8 Å². The van der Waals surface area contributed by atoms with Crippen molar-refractivity contribution in [1.29, 1.82) is 0 Å². The van der Waals surface area contributed by atoms with E-state index >= 15 is 0 Å². The molecule has 2 amide bonds. The Morgan fingerprint density at radius 3 is 2.44 bits per heavy atom. The molecule has 0 saturated carbocycles. The molecule has 0 N–H and O–H groups in total. The minimum atomic E-state index is -0.119. The Kier molecular flexibility index (Phi) is 4.84. The number of carbonyl (C=O) groups excluding carboxylic acids is 2. The number of aryl methyl sites for hydroxylation is 1. The highest BCUT2D eigenvalue weighted by Crippen LogP contribution is 2.36. The Labute approximate surface area is 148 Å². The van der Waals surface area contributed by atoms with Crippen molar-refractivity contribution in [3.05, 3.63) is 35.1 Å². The number of fused-ring (bicyclic) bond motifs is 1. The second kappa shape index (κ2) is 6.90. The van der Waals surface area contributed by atoms with E-state index in [-0.39, 0.29) is 11.8 Å². The third-order valence-electron chi connectivity index (χ3n) is 5.11. The summed E-state index contributed by atoms with van der Waals surface area (Å²) < 4.78 is 5.98. The smallest absolute Gasteiger partial charge is 0.289 e. The van der Waals surface area contributed by atoms with Crippen molar-refractivity contribution in [3.63, 3.8) is 0 Å². The first-order valence-electron chi connectivity index (χ1n) is 8.94. The van der Waals surface area contributed by atoms with Gasteiger partial charge in [0.15, 0.2) is 5.76 Å². The van der Waals surface area contributed by atoms with Crippen LogP contribution in [0.25, 0.3) is 11.0 Å². The Hall–Kier alpha value is -2.30. The number of hydrogen-bond acceptors (Lipinski definition) is 3. The molecule has 3 rings (SSSR count). The van der Waals surface area contributed by atoms with Crippen molar-refractivity contribution in [2.45, 2.75) is 39.0 Å². The Morgan fingerprint density at radius 2 is 1.88 bits per heavy atom.